The minimum atomic E-state index is -3.42. The Morgan fingerprint density at radius 2 is 1.59 bits per heavy atom. The molecule has 0 amide bonds. The van der Waals surface area contributed by atoms with E-state index in [9.17, 15) is 4.57 Å². The highest BCUT2D eigenvalue weighted by Gasteiger charge is 2.33. The van der Waals surface area contributed by atoms with Crippen LogP contribution in [0.1, 0.15) is 30.5 Å². The van der Waals surface area contributed by atoms with Gasteiger partial charge in [-0.1, -0.05) is 60.7 Å². The summed E-state index contributed by atoms with van der Waals surface area (Å²) in [5.41, 5.74) is 4.55. The maximum absolute atomic E-state index is 13.7. The second-order valence-electron chi connectivity index (χ2n) is 6.49. The van der Waals surface area contributed by atoms with Gasteiger partial charge in [0.2, 0.25) is 0 Å². The minimum Gasteiger partial charge on any atom is -0.305 e. The third-order valence-corrected chi connectivity index (χ3v) is 7.06. The van der Waals surface area contributed by atoms with Crippen molar-refractivity contribution in [2.45, 2.75) is 20.3 Å². The summed E-state index contributed by atoms with van der Waals surface area (Å²) >= 11 is 0. The number of rotatable bonds is 6. The van der Waals surface area contributed by atoms with Gasteiger partial charge in [-0.2, -0.15) is 0 Å². The second kappa shape index (κ2) is 7.44. The number of hydrogen-bond donors (Lipinski definition) is 0. The van der Waals surface area contributed by atoms with E-state index in [1.165, 1.54) is 11.1 Å². The van der Waals surface area contributed by atoms with Crippen LogP contribution in [0, 0.1) is 0 Å². The van der Waals surface area contributed by atoms with Gasteiger partial charge in [-0.3, -0.25) is 4.57 Å². The molecule has 1 aliphatic rings. The molecule has 0 heterocycles. The Labute approximate surface area is 160 Å². The molecule has 4 heteroatoms. The highest BCUT2D eigenvalue weighted by molar-refractivity contribution is 7.62. The SMILES string of the molecule is CCOP(=O)(OCC)c1ccc2ccccc2c1C1=CCc2ccccc21. The zero-order chi connectivity index (χ0) is 18.9. The van der Waals surface area contributed by atoms with E-state index in [4.69, 9.17) is 9.05 Å². The van der Waals surface area contributed by atoms with Crippen molar-refractivity contribution in [3.05, 3.63) is 83.4 Å². The highest BCUT2D eigenvalue weighted by atomic mass is 31.2. The normalized spacial score (nSPS) is 13.6. The van der Waals surface area contributed by atoms with E-state index in [-0.39, 0.29) is 0 Å². The van der Waals surface area contributed by atoms with E-state index in [0.29, 0.717) is 18.5 Å². The first-order valence-corrected chi connectivity index (χ1v) is 10.9. The smallest absolute Gasteiger partial charge is 0.305 e. The van der Waals surface area contributed by atoms with E-state index in [1.807, 2.05) is 44.2 Å². The first kappa shape index (κ1) is 18.2. The highest BCUT2D eigenvalue weighted by Crippen LogP contribution is 2.50. The molecule has 0 saturated heterocycles. The van der Waals surface area contributed by atoms with Gasteiger partial charge < -0.3 is 9.05 Å². The van der Waals surface area contributed by atoms with E-state index >= 15 is 0 Å². The van der Waals surface area contributed by atoms with Crippen molar-refractivity contribution in [2.75, 3.05) is 13.2 Å². The first-order chi connectivity index (χ1) is 13.2. The standard InChI is InChI=1S/C23H23O3P/c1-3-25-27(24,26-4-2)22-16-14-18-10-6-8-12-20(18)23(22)21-15-13-17-9-5-7-11-19(17)21/h5-12,14-16H,3-4,13H2,1-2H3. The molecule has 3 nitrogen and oxygen atoms in total. The Kier molecular flexibility index (Phi) is 5.01. The molecule has 0 fully saturated rings. The molecule has 0 aliphatic heterocycles. The molecule has 4 rings (SSSR count). The van der Waals surface area contributed by atoms with E-state index in [2.05, 4.69) is 36.4 Å². The summed E-state index contributed by atoms with van der Waals surface area (Å²) in [7, 11) is -3.42. The number of benzene rings is 3. The van der Waals surface area contributed by atoms with Gasteiger partial charge in [0.1, 0.15) is 0 Å². The molecule has 3 aromatic carbocycles. The molecule has 3 aromatic rings. The number of allylic oxidation sites excluding steroid dienone is 1. The topological polar surface area (TPSA) is 35.5 Å². The second-order valence-corrected chi connectivity index (χ2v) is 8.49. The van der Waals surface area contributed by atoms with Gasteiger partial charge in [-0.15, -0.1) is 0 Å². The summed E-state index contributed by atoms with van der Waals surface area (Å²) < 4.78 is 25.1. The van der Waals surface area contributed by atoms with Crippen LogP contribution in [0.2, 0.25) is 0 Å². The molecular formula is C23H23O3P. The third kappa shape index (κ3) is 3.17. The predicted molar refractivity (Wildman–Crippen MR) is 112 cm³/mol. The maximum atomic E-state index is 13.7. The van der Waals surface area contributed by atoms with E-state index in [1.54, 1.807) is 0 Å². The Morgan fingerprint density at radius 1 is 0.889 bits per heavy atom. The zero-order valence-electron chi connectivity index (χ0n) is 15.6. The number of fused-ring (bicyclic) bond motifs is 2. The molecular weight excluding hydrogens is 355 g/mol. The molecule has 0 N–H and O–H groups in total. The van der Waals surface area contributed by atoms with Crippen molar-refractivity contribution < 1.29 is 13.6 Å². The fourth-order valence-corrected chi connectivity index (χ4v) is 5.61. The van der Waals surface area contributed by atoms with Gasteiger partial charge >= 0.3 is 7.60 Å². The molecule has 0 unspecified atom stereocenters. The van der Waals surface area contributed by atoms with Gasteiger partial charge in [0.25, 0.3) is 0 Å². The van der Waals surface area contributed by atoms with Gasteiger partial charge in [0.05, 0.1) is 18.5 Å². The molecule has 0 spiro atoms. The monoisotopic (exact) mass is 378 g/mol. The van der Waals surface area contributed by atoms with Crippen LogP contribution in [0.25, 0.3) is 16.3 Å². The lowest BCUT2D eigenvalue weighted by molar-refractivity contribution is 0.230. The van der Waals surface area contributed by atoms with Gasteiger partial charge in [-0.25, -0.2) is 0 Å². The van der Waals surface area contributed by atoms with Gasteiger partial charge in [0.15, 0.2) is 0 Å². The average Bonchev–Trinajstić information content (AvgIpc) is 3.11. The summed E-state index contributed by atoms with van der Waals surface area (Å²) in [6.45, 7) is 4.35. The Bertz CT molecular complexity index is 1060. The van der Waals surface area contributed by atoms with Crippen LogP contribution in [0.4, 0.5) is 0 Å². The summed E-state index contributed by atoms with van der Waals surface area (Å²) in [5, 5.41) is 2.83. The van der Waals surface area contributed by atoms with Crippen molar-refractivity contribution >= 4 is 29.2 Å². The van der Waals surface area contributed by atoms with Gasteiger partial charge in [0, 0.05) is 5.56 Å². The fourth-order valence-electron chi connectivity index (χ4n) is 3.81. The zero-order valence-corrected chi connectivity index (χ0v) is 16.5. The molecule has 0 atom stereocenters. The molecule has 138 valence electrons. The third-order valence-electron chi connectivity index (χ3n) is 4.90. The molecule has 0 saturated carbocycles. The van der Waals surface area contributed by atoms with Crippen molar-refractivity contribution in [1.82, 2.24) is 0 Å². The first-order valence-electron chi connectivity index (χ1n) is 9.38. The van der Waals surface area contributed by atoms with Gasteiger partial charge in [-0.05, 0) is 53.8 Å². The fraction of sp³-hybridized carbons (Fsp3) is 0.217. The lowest BCUT2D eigenvalue weighted by Crippen LogP contribution is -2.16. The molecule has 0 bridgehead atoms. The Hall–Kier alpha value is -2.19. The quantitative estimate of drug-likeness (QED) is 0.515. The molecule has 0 radical (unpaired) electrons. The summed E-state index contributed by atoms with van der Waals surface area (Å²) in [5.74, 6) is 0. The van der Waals surface area contributed by atoms with E-state index < -0.39 is 7.60 Å². The van der Waals surface area contributed by atoms with E-state index in [0.717, 1.165) is 28.3 Å². The summed E-state index contributed by atoms with van der Waals surface area (Å²) in [4.78, 5) is 0. The Morgan fingerprint density at radius 3 is 2.37 bits per heavy atom. The van der Waals surface area contributed by atoms with Crippen LogP contribution >= 0.6 is 7.60 Å². The minimum absolute atomic E-state index is 0.333. The van der Waals surface area contributed by atoms with Crippen LogP contribution in [0.3, 0.4) is 0 Å². The van der Waals surface area contributed by atoms with Crippen LogP contribution in [0.15, 0.2) is 66.7 Å². The lowest BCUT2D eigenvalue weighted by Gasteiger charge is -2.22. The lowest BCUT2D eigenvalue weighted by atomic mass is 9.94. The van der Waals surface area contributed by atoms with Crippen LogP contribution < -0.4 is 5.30 Å². The van der Waals surface area contributed by atoms with Crippen molar-refractivity contribution in [3.8, 4) is 0 Å². The van der Waals surface area contributed by atoms with Crippen LogP contribution in [-0.4, -0.2) is 13.2 Å². The van der Waals surface area contributed by atoms with Crippen molar-refractivity contribution in [1.29, 1.82) is 0 Å². The molecule has 0 aromatic heterocycles. The van der Waals surface area contributed by atoms with Crippen LogP contribution in [0.5, 0.6) is 0 Å². The van der Waals surface area contributed by atoms with Crippen molar-refractivity contribution in [2.24, 2.45) is 0 Å². The maximum Gasteiger partial charge on any atom is 0.361 e. The largest absolute Gasteiger partial charge is 0.361 e. The van der Waals surface area contributed by atoms with Crippen molar-refractivity contribution in [3.63, 3.8) is 0 Å². The molecule has 27 heavy (non-hydrogen) atoms. The molecule has 1 aliphatic carbocycles. The summed E-state index contributed by atoms with van der Waals surface area (Å²) in [6, 6.07) is 20.5. The number of hydrogen-bond acceptors (Lipinski definition) is 3. The predicted octanol–water partition coefficient (Wildman–Crippen LogP) is 5.72. The average molecular weight is 378 g/mol. The Balaban J connectivity index is 2.02. The van der Waals surface area contributed by atoms with Crippen LogP contribution in [-0.2, 0) is 20.0 Å². The summed E-state index contributed by atoms with van der Waals surface area (Å²) in [6.07, 6.45) is 3.10.